The maximum Gasteiger partial charge on any atom is 0.338 e. The number of aliphatic hydroxyl groups is 1. The van der Waals surface area contributed by atoms with Gasteiger partial charge in [0.1, 0.15) is 18.3 Å². The molecule has 62 heavy (non-hydrogen) atoms. The van der Waals surface area contributed by atoms with Crippen LogP contribution in [0.5, 0.6) is 0 Å². The van der Waals surface area contributed by atoms with Gasteiger partial charge in [-0.05, 0) is 72.1 Å². The Morgan fingerprint density at radius 2 is 1.39 bits per heavy atom. The van der Waals surface area contributed by atoms with Crippen molar-refractivity contribution in [2.45, 2.75) is 110 Å². The third kappa shape index (κ3) is 7.32. The summed E-state index contributed by atoms with van der Waals surface area (Å²) in [6.45, 7) is 13.4. The van der Waals surface area contributed by atoms with Crippen molar-refractivity contribution in [2.75, 3.05) is 6.61 Å². The van der Waals surface area contributed by atoms with E-state index in [0.29, 0.717) is 28.7 Å². The van der Waals surface area contributed by atoms with Crippen LogP contribution in [0.3, 0.4) is 0 Å². The summed E-state index contributed by atoms with van der Waals surface area (Å²) in [4.78, 5) is 84.3. The van der Waals surface area contributed by atoms with E-state index in [1.165, 1.54) is 13.8 Å². The quantitative estimate of drug-likeness (QED) is 0.133. The molecule has 13 nitrogen and oxygen atoms in total. The van der Waals surface area contributed by atoms with Crippen molar-refractivity contribution in [3.63, 3.8) is 0 Å². The lowest BCUT2D eigenvalue weighted by molar-refractivity contribution is -0.334. The van der Waals surface area contributed by atoms with Crippen molar-refractivity contribution in [3.8, 4) is 0 Å². The molecule has 3 aliphatic carbocycles. The number of carbonyl (C=O) groups is 6. The second-order valence-corrected chi connectivity index (χ2v) is 18.2. The maximum absolute atomic E-state index is 15.7. The lowest BCUT2D eigenvalue weighted by atomic mass is 9.41. The van der Waals surface area contributed by atoms with Crippen LogP contribution in [0.15, 0.2) is 102 Å². The number of fused-ring (bicyclic) bond motifs is 5. The molecule has 3 fully saturated rings. The number of nitrogens with one attached hydrogen (secondary N) is 1. The van der Waals surface area contributed by atoms with Crippen LogP contribution in [0.4, 0.5) is 0 Å². The highest BCUT2D eigenvalue weighted by atomic mass is 16.6. The van der Waals surface area contributed by atoms with Gasteiger partial charge in [-0.1, -0.05) is 101 Å². The number of carbonyl (C=O) groups excluding carboxylic acids is 6. The van der Waals surface area contributed by atoms with Crippen LogP contribution in [-0.2, 0) is 42.9 Å². The van der Waals surface area contributed by atoms with Gasteiger partial charge < -0.3 is 34.1 Å². The van der Waals surface area contributed by atoms with Gasteiger partial charge in [0.25, 0.3) is 5.91 Å². The first kappa shape index (κ1) is 44.4. The van der Waals surface area contributed by atoms with E-state index in [1.54, 1.807) is 105 Å². The molecule has 2 bridgehead atoms. The number of ether oxygens (including phenoxy) is 5. The minimum atomic E-state index is -1.92. The monoisotopic (exact) mass is 849 g/mol. The molecule has 2 unspecified atom stereocenters. The fourth-order valence-corrected chi connectivity index (χ4v) is 10.8. The molecule has 3 aromatic carbocycles. The number of Topliss-reactive ketones (excluding diaryl/α,β-unsaturated/α-hetero) is 1. The van der Waals surface area contributed by atoms with Gasteiger partial charge >= 0.3 is 23.9 Å². The summed E-state index contributed by atoms with van der Waals surface area (Å²) in [6, 6.07) is 24.0. The molecule has 2 N–H and O–H groups in total. The number of benzene rings is 3. The van der Waals surface area contributed by atoms with E-state index in [9.17, 15) is 29.1 Å². The number of hydrogen-bond acceptors (Lipinski definition) is 12. The fourth-order valence-electron chi connectivity index (χ4n) is 10.8. The molecule has 1 saturated heterocycles. The lowest BCUT2D eigenvalue weighted by Gasteiger charge is -2.68. The van der Waals surface area contributed by atoms with Crippen molar-refractivity contribution in [1.29, 1.82) is 0 Å². The van der Waals surface area contributed by atoms with E-state index < -0.39 is 106 Å². The van der Waals surface area contributed by atoms with Gasteiger partial charge in [0.05, 0.1) is 24.1 Å². The molecule has 3 aromatic rings. The highest BCUT2D eigenvalue weighted by Gasteiger charge is 2.77. The van der Waals surface area contributed by atoms with E-state index in [2.05, 4.69) is 5.32 Å². The van der Waals surface area contributed by atoms with Gasteiger partial charge in [0.2, 0.25) is 0 Å². The van der Waals surface area contributed by atoms with Crippen LogP contribution in [0.25, 0.3) is 0 Å². The Labute approximate surface area is 361 Å². The van der Waals surface area contributed by atoms with Gasteiger partial charge in [-0.25, -0.2) is 9.59 Å². The molecule has 1 aliphatic heterocycles. The van der Waals surface area contributed by atoms with E-state index in [-0.39, 0.29) is 18.6 Å². The van der Waals surface area contributed by atoms with Gasteiger partial charge in [-0.3, -0.25) is 19.2 Å². The SMILES string of the molecule is CC(=O)O[C@H]1C(=O)[C@@]2(C)C([C@@H](OC(=O)c3ccccc3)[C@]3(C)C[C@@H](OC(=O)[C@H](O)[C@H](NC(=O)c4ccccc4)c4ccccc4)C(C)=C1C3(C)C)C1(OC(C)=O)CO[C@@H]1C[C@@H]2C. The third-order valence-corrected chi connectivity index (χ3v) is 14.6. The van der Waals surface area contributed by atoms with Crippen molar-refractivity contribution in [2.24, 2.45) is 28.1 Å². The fraction of sp³-hybridized carbons (Fsp3) is 0.469. The Balaban J connectivity index is 1.39. The number of ketones is 1. The first-order valence-corrected chi connectivity index (χ1v) is 21.1. The maximum atomic E-state index is 15.7. The average Bonchev–Trinajstić information content (AvgIpc) is 3.24. The summed E-state index contributed by atoms with van der Waals surface area (Å²) in [5.41, 5.74) is -3.56. The van der Waals surface area contributed by atoms with Crippen LogP contribution >= 0.6 is 0 Å². The highest BCUT2D eigenvalue weighted by Crippen LogP contribution is 2.68. The predicted octanol–water partition coefficient (Wildman–Crippen LogP) is 6.29. The lowest BCUT2D eigenvalue weighted by Crippen LogP contribution is -2.79. The first-order chi connectivity index (χ1) is 29.3. The highest BCUT2D eigenvalue weighted by molar-refractivity contribution is 5.96. The molecule has 2 saturated carbocycles. The molecule has 13 heteroatoms. The zero-order valence-electron chi connectivity index (χ0n) is 36.3. The first-order valence-electron chi connectivity index (χ1n) is 21.1. The molecule has 11 atom stereocenters. The molecule has 328 valence electrons. The van der Waals surface area contributed by atoms with E-state index in [0.717, 1.165) is 0 Å². The summed E-state index contributed by atoms with van der Waals surface area (Å²) < 4.78 is 31.5. The predicted molar refractivity (Wildman–Crippen MR) is 224 cm³/mol. The summed E-state index contributed by atoms with van der Waals surface area (Å²) in [5.74, 6) is -5.66. The van der Waals surface area contributed by atoms with Crippen LogP contribution < -0.4 is 5.32 Å². The summed E-state index contributed by atoms with van der Waals surface area (Å²) in [5, 5.41) is 14.7. The Morgan fingerprint density at radius 1 is 0.806 bits per heavy atom. The van der Waals surface area contributed by atoms with E-state index in [4.69, 9.17) is 23.7 Å². The standard InChI is InChI=1S/C49H55NO12/c1-27-24-35-49(26-58-35,62-30(4)52)40-42(61-44(56)33-22-16-11-17-23-33)47(7)25-34(28(2)36(46(47,5)6)39(59-29(3)51)41(54)48(27,40)8)60-45(57)38(53)37(31-18-12-9-13-19-31)50-43(55)32-20-14-10-15-21-32/h9-23,27,34-35,37-40,42,53H,24-26H2,1-8H3,(H,50,55)/t27-,34+,35+,37+,38+,39+,40?,42+,47-,48+,49?/m0/s1. The molecular formula is C49H55NO12. The normalized spacial score (nSPS) is 31.9. The third-order valence-electron chi connectivity index (χ3n) is 14.6. The zero-order chi connectivity index (χ0) is 44.9. The largest absolute Gasteiger partial charge is 0.458 e. The Kier molecular flexibility index (Phi) is 11.9. The minimum absolute atomic E-state index is 0.0173. The number of amides is 1. The van der Waals surface area contributed by atoms with Crippen LogP contribution in [0.1, 0.15) is 101 Å². The van der Waals surface area contributed by atoms with Crippen molar-refractivity contribution >= 4 is 35.6 Å². The molecule has 0 spiro atoms. The second-order valence-electron chi connectivity index (χ2n) is 18.2. The van der Waals surface area contributed by atoms with Gasteiger partial charge in [-0.2, -0.15) is 0 Å². The minimum Gasteiger partial charge on any atom is -0.458 e. The number of esters is 4. The molecule has 0 aromatic heterocycles. The number of rotatable bonds is 10. The van der Waals surface area contributed by atoms with Crippen molar-refractivity contribution in [1.82, 2.24) is 5.32 Å². The Morgan fingerprint density at radius 3 is 1.94 bits per heavy atom. The van der Waals surface area contributed by atoms with Crippen LogP contribution in [0, 0.1) is 28.1 Å². The summed E-state index contributed by atoms with van der Waals surface area (Å²) in [7, 11) is 0. The average molecular weight is 850 g/mol. The Hall–Kier alpha value is -5.66. The zero-order valence-corrected chi connectivity index (χ0v) is 36.3. The van der Waals surface area contributed by atoms with Gasteiger partial charge in [0.15, 0.2) is 23.6 Å². The van der Waals surface area contributed by atoms with Crippen LogP contribution in [0.2, 0.25) is 0 Å². The van der Waals surface area contributed by atoms with E-state index >= 15 is 4.79 Å². The summed E-state index contributed by atoms with van der Waals surface area (Å²) in [6.07, 6.45) is -6.18. The van der Waals surface area contributed by atoms with Gasteiger partial charge in [-0.15, -0.1) is 0 Å². The molecular weight excluding hydrogens is 795 g/mol. The molecule has 4 aliphatic rings. The van der Waals surface area contributed by atoms with Gasteiger partial charge in [0, 0.05) is 30.2 Å². The van der Waals surface area contributed by atoms with Crippen LogP contribution in [-0.4, -0.2) is 83.4 Å². The number of aliphatic hydroxyl groups excluding tert-OH is 1. The second kappa shape index (κ2) is 16.6. The topological polar surface area (TPSA) is 181 Å². The molecule has 1 heterocycles. The van der Waals surface area contributed by atoms with E-state index in [1.807, 2.05) is 27.7 Å². The summed E-state index contributed by atoms with van der Waals surface area (Å²) >= 11 is 0. The number of hydrogen-bond donors (Lipinski definition) is 2. The molecule has 1 amide bonds. The molecule has 0 radical (unpaired) electrons. The Bertz CT molecular complexity index is 2280. The molecule has 7 rings (SSSR count). The van der Waals surface area contributed by atoms with Crippen molar-refractivity contribution < 1.29 is 57.6 Å². The smallest absolute Gasteiger partial charge is 0.338 e. The van der Waals surface area contributed by atoms with Crippen molar-refractivity contribution in [3.05, 3.63) is 119 Å².